The molecule has 0 spiro atoms. The Morgan fingerprint density at radius 3 is 2.65 bits per heavy atom. The number of nitrogens with one attached hydrogen (secondary N) is 2. The van der Waals surface area contributed by atoms with Gasteiger partial charge in [-0.25, -0.2) is 0 Å². The third-order valence-electron chi connectivity index (χ3n) is 5.03. The summed E-state index contributed by atoms with van der Waals surface area (Å²) < 4.78 is 0. The molecule has 2 fully saturated rings. The highest BCUT2D eigenvalue weighted by atomic mass is 32.1. The molecule has 6 nitrogen and oxygen atoms in total. The number of aliphatic hydroxyl groups excluding tert-OH is 2. The predicted octanol–water partition coefficient (Wildman–Crippen LogP) is 0.226. The number of hydrogen-bond donors (Lipinski definition) is 4. The van der Waals surface area contributed by atoms with Gasteiger partial charge in [0.15, 0.2) is 5.11 Å². The van der Waals surface area contributed by atoms with Gasteiger partial charge in [0.1, 0.15) is 6.10 Å². The Labute approximate surface area is 158 Å². The molecule has 1 saturated heterocycles. The summed E-state index contributed by atoms with van der Waals surface area (Å²) in [4.78, 5) is 14.6. The molecule has 0 unspecified atom stereocenters. The van der Waals surface area contributed by atoms with Crippen LogP contribution in [-0.4, -0.2) is 52.1 Å². The van der Waals surface area contributed by atoms with Crippen LogP contribution in [0, 0.1) is 32.1 Å². The van der Waals surface area contributed by atoms with Crippen LogP contribution in [0.15, 0.2) is 18.2 Å². The van der Waals surface area contributed by atoms with Gasteiger partial charge in [0.25, 0.3) is 0 Å². The Hall–Kier alpha value is -2.14. The molecule has 1 aliphatic carbocycles. The summed E-state index contributed by atoms with van der Waals surface area (Å²) in [6, 6.07) is 5.12. The van der Waals surface area contributed by atoms with Crippen molar-refractivity contribution >= 4 is 28.9 Å². The monoisotopic (exact) mass is 373 g/mol. The standard InChI is InChI=1S/C19H23N3O3S/c1-4-5-20-18(25)13-9-14(23)17(24)15-16(13)22(19(26)21-15)12-7-10(2)6-11(3)8-12/h1,6-8,13-17,23-24H,5,9H2,2-3H3,(H,20,25)(H,21,26)/t13-,14-,15-,16-,17+/m1/s1. The van der Waals surface area contributed by atoms with E-state index in [-0.39, 0.29) is 18.9 Å². The van der Waals surface area contributed by atoms with Gasteiger partial charge in [-0.15, -0.1) is 6.42 Å². The number of carbonyl (C=O) groups is 1. The minimum Gasteiger partial charge on any atom is -0.390 e. The Balaban J connectivity index is 2.01. The van der Waals surface area contributed by atoms with E-state index in [1.807, 2.05) is 30.9 Å². The Morgan fingerprint density at radius 2 is 2.04 bits per heavy atom. The molecule has 1 aliphatic heterocycles. The molecule has 2 aliphatic rings. The predicted molar refractivity (Wildman–Crippen MR) is 104 cm³/mol. The number of fused-ring (bicyclic) bond motifs is 1. The van der Waals surface area contributed by atoms with Crippen LogP contribution in [0.2, 0.25) is 0 Å². The fraction of sp³-hybridized carbons (Fsp3) is 0.474. The zero-order valence-corrected chi connectivity index (χ0v) is 15.6. The summed E-state index contributed by atoms with van der Waals surface area (Å²) in [6.07, 6.45) is 3.37. The van der Waals surface area contributed by atoms with Crippen LogP contribution in [0.1, 0.15) is 17.5 Å². The van der Waals surface area contributed by atoms with Gasteiger partial charge in [0.2, 0.25) is 5.91 Å². The summed E-state index contributed by atoms with van der Waals surface area (Å²) in [6.45, 7) is 4.11. The molecule has 1 saturated carbocycles. The zero-order chi connectivity index (χ0) is 19.0. The number of carbonyl (C=O) groups excluding carboxylic acids is 1. The summed E-state index contributed by atoms with van der Waals surface area (Å²) >= 11 is 5.50. The SMILES string of the molecule is C#CCNC(=O)[C@@H]1C[C@@H](O)[C@H](O)[C@@H]2NC(=S)N(c3cc(C)cc(C)c3)[C@@H]21. The second kappa shape index (κ2) is 7.23. The smallest absolute Gasteiger partial charge is 0.226 e. The topological polar surface area (TPSA) is 84.8 Å². The van der Waals surface area contributed by atoms with Gasteiger partial charge in [-0.2, -0.15) is 0 Å². The van der Waals surface area contributed by atoms with Crippen molar-refractivity contribution in [3.63, 3.8) is 0 Å². The normalized spacial score (nSPS) is 30.3. The largest absolute Gasteiger partial charge is 0.390 e. The average molecular weight is 373 g/mol. The Bertz CT molecular complexity index is 756. The number of aliphatic hydroxyl groups is 2. The lowest BCUT2D eigenvalue weighted by Crippen LogP contribution is -2.61. The van der Waals surface area contributed by atoms with Crippen LogP contribution in [0.25, 0.3) is 0 Å². The first kappa shape index (κ1) is 18.6. The first-order valence-electron chi connectivity index (χ1n) is 8.59. The highest BCUT2D eigenvalue weighted by Gasteiger charge is 2.53. The number of anilines is 1. The number of thiocarbonyl (C=S) groups is 1. The average Bonchev–Trinajstić information content (AvgIpc) is 2.92. The summed E-state index contributed by atoms with van der Waals surface area (Å²) in [5.41, 5.74) is 3.03. The lowest BCUT2D eigenvalue weighted by Gasteiger charge is -2.41. The fourth-order valence-electron chi connectivity index (χ4n) is 4.00. The van der Waals surface area contributed by atoms with Gasteiger partial charge in [0, 0.05) is 5.69 Å². The number of rotatable bonds is 3. The van der Waals surface area contributed by atoms with Crippen LogP contribution in [0.4, 0.5) is 5.69 Å². The summed E-state index contributed by atoms with van der Waals surface area (Å²) in [5.74, 6) is 1.58. The van der Waals surface area contributed by atoms with Crippen LogP contribution >= 0.6 is 12.2 Å². The van der Waals surface area contributed by atoms with Crippen molar-refractivity contribution in [1.82, 2.24) is 10.6 Å². The van der Waals surface area contributed by atoms with E-state index in [1.165, 1.54) is 0 Å². The van der Waals surface area contributed by atoms with Gasteiger partial charge in [0.05, 0.1) is 30.7 Å². The van der Waals surface area contributed by atoms with E-state index < -0.39 is 30.2 Å². The molecule has 0 aromatic heterocycles. The van der Waals surface area contributed by atoms with Gasteiger partial charge in [-0.1, -0.05) is 12.0 Å². The lowest BCUT2D eigenvalue weighted by molar-refractivity contribution is -0.130. The van der Waals surface area contributed by atoms with Crippen LogP contribution in [-0.2, 0) is 4.79 Å². The molecule has 26 heavy (non-hydrogen) atoms. The van der Waals surface area contributed by atoms with E-state index in [9.17, 15) is 15.0 Å². The molecule has 5 atom stereocenters. The van der Waals surface area contributed by atoms with Gasteiger partial charge in [-0.05, 0) is 55.7 Å². The first-order valence-corrected chi connectivity index (χ1v) is 8.99. The highest BCUT2D eigenvalue weighted by molar-refractivity contribution is 7.80. The van der Waals surface area contributed by atoms with E-state index in [0.29, 0.717) is 5.11 Å². The lowest BCUT2D eigenvalue weighted by atomic mass is 9.77. The quantitative estimate of drug-likeness (QED) is 0.448. The van der Waals surface area contributed by atoms with Crippen molar-refractivity contribution in [2.75, 3.05) is 11.4 Å². The van der Waals surface area contributed by atoms with Crippen LogP contribution in [0.3, 0.4) is 0 Å². The maximum atomic E-state index is 12.7. The van der Waals surface area contributed by atoms with Crippen molar-refractivity contribution in [2.45, 2.75) is 44.6 Å². The molecular weight excluding hydrogens is 350 g/mol. The van der Waals surface area contributed by atoms with Gasteiger partial charge < -0.3 is 25.7 Å². The molecular formula is C19H23N3O3S. The molecule has 7 heteroatoms. The zero-order valence-electron chi connectivity index (χ0n) is 14.8. The molecule has 3 rings (SSSR count). The summed E-state index contributed by atoms with van der Waals surface area (Å²) in [5, 5.41) is 26.9. The highest BCUT2D eigenvalue weighted by Crippen LogP contribution is 2.37. The van der Waals surface area contributed by atoms with E-state index in [0.717, 1.165) is 16.8 Å². The van der Waals surface area contributed by atoms with Crippen LogP contribution < -0.4 is 15.5 Å². The second-order valence-corrected chi connectivity index (χ2v) is 7.39. The number of aryl methyl sites for hydroxylation is 2. The molecule has 4 N–H and O–H groups in total. The first-order chi connectivity index (χ1) is 12.3. The second-order valence-electron chi connectivity index (χ2n) is 7.00. The summed E-state index contributed by atoms with van der Waals surface area (Å²) in [7, 11) is 0. The molecule has 1 amide bonds. The maximum absolute atomic E-state index is 12.7. The fourth-order valence-corrected chi connectivity index (χ4v) is 4.36. The van der Waals surface area contributed by atoms with Crippen molar-refractivity contribution in [3.05, 3.63) is 29.3 Å². The Morgan fingerprint density at radius 1 is 1.38 bits per heavy atom. The number of benzene rings is 1. The third-order valence-corrected chi connectivity index (χ3v) is 5.35. The molecule has 1 heterocycles. The van der Waals surface area contributed by atoms with E-state index >= 15 is 0 Å². The van der Waals surface area contributed by atoms with Crippen molar-refractivity contribution in [2.24, 2.45) is 5.92 Å². The Kier molecular flexibility index (Phi) is 5.19. The maximum Gasteiger partial charge on any atom is 0.226 e. The van der Waals surface area contributed by atoms with E-state index in [1.54, 1.807) is 0 Å². The molecule has 1 aromatic rings. The molecule has 1 aromatic carbocycles. The van der Waals surface area contributed by atoms with E-state index in [2.05, 4.69) is 22.6 Å². The minimum absolute atomic E-state index is 0.118. The third kappa shape index (κ3) is 3.28. The molecule has 0 radical (unpaired) electrons. The van der Waals surface area contributed by atoms with E-state index in [4.69, 9.17) is 18.6 Å². The van der Waals surface area contributed by atoms with Crippen molar-refractivity contribution in [1.29, 1.82) is 0 Å². The van der Waals surface area contributed by atoms with Crippen molar-refractivity contribution < 1.29 is 15.0 Å². The number of terminal acetylenes is 1. The van der Waals surface area contributed by atoms with Crippen LogP contribution in [0.5, 0.6) is 0 Å². The minimum atomic E-state index is -1.01. The van der Waals surface area contributed by atoms with Crippen molar-refractivity contribution in [3.8, 4) is 12.3 Å². The molecule has 0 bridgehead atoms. The molecule has 138 valence electrons. The van der Waals surface area contributed by atoms with Gasteiger partial charge in [-0.3, -0.25) is 4.79 Å². The van der Waals surface area contributed by atoms with Gasteiger partial charge >= 0.3 is 0 Å². The number of hydrogen-bond acceptors (Lipinski definition) is 4. The number of nitrogens with zero attached hydrogens (tertiary/aromatic N) is 1. The number of amides is 1.